The SMILES string of the molecule is CCCCC(N)CN1CCCC1C1CCCC1. The lowest BCUT2D eigenvalue weighted by Gasteiger charge is -2.31. The molecule has 0 aromatic rings. The molecule has 0 aromatic carbocycles. The maximum absolute atomic E-state index is 6.26. The van der Waals surface area contributed by atoms with E-state index in [0.29, 0.717) is 6.04 Å². The Hall–Kier alpha value is -0.0800. The highest BCUT2D eigenvalue weighted by atomic mass is 15.2. The topological polar surface area (TPSA) is 29.3 Å². The van der Waals surface area contributed by atoms with Gasteiger partial charge in [-0.05, 0) is 44.6 Å². The van der Waals surface area contributed by atoms with E-state index in [1.807, 2.05) is 0 Å². The van der Waals surface area contributed by atoms with Crippen molar-refractivity contribution in [3.63, 3.8) is 0 Å². The first-order valence-corrected chi connectivity index (χ1v) is 7.81. The lowest BCUT2D eigenvalue weighted by Crippen LogP contribution is -2.42. The van der Waals surface area contributed by atoms with Gasteiger partial charge in [-0.3, -0.25) is 4.90 Å². The van der Waals surface area contributed by atoms with Crippen LogP contribution in [0, 0.1) is 5.92 Å². The van der Waals surface area contributed by atoms with Gasteiger partial charge in [-0.1, -0.05) is 32.6 Å². The van der Waals surface area contributed by atoms with Crippen molar-refractivity contribution >= 4 is 0 Å². The van der Waals surface area contributed by atoms with Gasteiger partial charge in [-0.15, -0.1) is 0 Å². The number of hydrogen-bond acceptors (Lipinski definition) is 2. The molecule has 1 heterocycles. The molecule has 1 saturated carbocycles. The first-order valence-electron chi connectivity index (χ1n) is 7.81. The van der Waals surface area contributed by atoms with Gasteiger partial charge in [0.05, 0.1) is 0 Å². The highest BCUT2D eigenvalue weighted by Gasteiger charge is 2.33. The summed E-state index contributed by atoms with van der Waals surface area (Å²) >= 11 is 0. The number of unbranched alkanes of at least 4 members (excludes halogenated alkanes) is 1. The number of likely N-dealkylation sites (tertiary alicyclic amines) is 1. The zero-order valence-corrected chi connectivity index (χ0v) is 11.5. The molecule has 0 spiro atoms. The van der Waals surface area contributed by atoms with Crippen LogP contribution in [0.4, 0.5) is 0 Å². The number of nitrogens with zero attached hydrogens (tertiary/aromatic N) is 1. The zero-order chi connectivity index (χ0) is 12.1. The third kappa shape index (κ3) is 3.69. The molecule has 0 aromatic heterocycles. The molecule has 2 atom stereocenters. The van der Waals surface area contributed by atoms with E-state index in [2.05, 4.69) is 11.8 Å². The van der Waals surface area contributed by atoms with Gasteiger partial charge in [0.2, 0.25) is 0 Å². The summed E-state index contributed by atoms with van der Waals surface area (Å²) in [7, 11) is 0. The molecular formula is C15H30N2. The van der Waals surface area contributed by atoms with Crippen molar-refractivity contribution in [2.24, 2.45) is 11.7 Å². The maximum Gasteiger partial charge on any atom is 0.0167 e. The predicted octanol–water partition coefficient (Wildman–Crippen LogP) is 3.16. The Balaban J connectivity index is 1.78. The Kier molecular flexibility index (Phi) is 5.30. The fourth-order valence-electron chi connectivity index (χ4n) is 3.81. The number of nitrogens with two attached hydrogens (primary N) is 1. The molecule has 2 fully saturated rings. The monoisotopic (exact) mass is 238 g/mol. The largest absolute Gasteiger partial charge is 0.327 e. The summed E-state index contributed by atoms with van der Waals surface area (Å²) in [5.41, 5.74) is 6.26. The van der Waals surface area contributed by atoms with Crippen molar-refractivity contribution < 1.29 is 0 Å². The Morgan fingerprint density at radius 2 is 1.94 bits per heavy atom. The van der Waals surface area contributed by atoms with E-state index in [0.717, 1.165) is 18.5 Å². The smallest absolute Gasteiger partial charge is 0.0167 e. The second kappa shape index (κ2) is 6.75. The van der Waals surface area contributed by atoms with Crippen LogP contribution in [0.25, 0.3) is 0 Å². The van der Waals surface area contributed by atoms with E-state index < -0.39 is 0 Å². The Bertz CT molecular complexity index is 211. The molecule has 2 aliphatic rings. The molecule has 0 bridgehead atoms. The first-order chi connectivity index (χ1) is 8.31. The van der Waals surface area contributed by atoms with Crippen LogP contribution >= 0.6 is 0 Å². The van der Waals surface area contributed by atoms with Gasteiger partial charge in [0.1, 0.15) is 0 Å². The molecule has 2 N–H and O–H groups in total. The molecule has 1 aliphatic heterocycles. The summed E-state index contributed by atoms with van der Waals surface area (Å²) < 4.78 is 0. The van der Waals surface area contributed by atoms with Crippen LogP contribution in [0.1, 0.15) is 64.7 Å². The second-order valence-corrected chi connectivity index (χ2v) is 6.15. The van der Waals surface area contributed by atoms with Gasteiger partial charge in [0, 0.05) is 18.6 Å². The molecule has 2 heteroatoms. The van der Waals surface area contributed by atoms with Crippen molar-refractivity contribution in [3.05, 3.63) is 0 Å². The van der Waals surface area contributed by atoms with Crippen LogP contribution in [0.2, 0.25) is 0 Å². The fraction of sp³-hybridized carbons (Fsp3) is 1.00. The summed E-state index contributed by atoms with van der Waals surface area (Å²) in [5, 5.41) is 0. The molecule has 2 unspecified atom stereocenters. The second-order valence-electron chi connectivity index (χ2n) is 6.15. The van der Waals surface area contributed by atoms with E-state index >= 15 is 0 Å². The van der Waals surface area contributed by atoms with Crippen LogP contribution in [-0.4, -0.2) is 30.1 Å². The summed E-state index contributed by atoms with van der Waals surface area (Å²) in [5.74, 6) is 0.996. The lowest BCUT2D eigenvalue weighted by atomic mass is 9.95. The molecule has 100 valence electrons. The van der Waals surface area contributed by atoms with Crippen LogP contribution in [-0.2, 0) is 0 Å². The van der Waals surface area contributed by atoms with Crippen molar-refractivity contribution in [3.8, 4) is 0 Å². The fourth-order valence-corrected chi connectivity index (χ4v) is 3.81. The molecule has 1 saturated heterocycles. The van der Waals surface area contributed by atoms with E-state index in [1.54, 1.807) is 0 Å². The van der Waals surface area contributed by atoms with Gasteiger partial charge in [0.15, 0.2) is 0 Å². The quantitative estimate of drug-likeness (QED) is 0.770. The molecule has 2 rings (SSSR count). The number of hydrogen-bond donors (Lipinski definition) is 1. The summed E-state index contributed by atoms with van der Waals surface area (Å²) in [6.07, 6.45) is 12.5. The summed E-state index contributed by atoms with van der Waals surface area (Å²) in [6, 6.07) is 1.29. The highest BCUT2D eigenvalue weighted by Crippen LogP contribution is 2.35. The van der Waals surface area contributed by atoms with Crippen LogP contribution in [0.5, 0.6) is 0 Å². The highest BCUT2D eigenvalue weighted by molar-refractivity contribution is 4.88. The van der Waals surface area contributed by atoms with E-state index in [9.17, 15) is 0 Å². The lowest BCUT2D eigenvalue weighted by molar-refractivity contribution is 0.178. The molecule has 2 nitrogen and oxygen atoms in total. The van der Waals surface area contributed by atoms with E-state index in [1.165, 1.54) is 64.3 Å². The molecule has 0 radical (unpaired) electrons. The zero-order valence-electron chi connectivity index (χ0n) is 11.5. The Morgan fingerprint density at radius 3 is 2.65 bits per heavy atom. The van der Waals surface area contributed by atoms with Gasteiger partial charge in [-0.2, -0.15) is 0 Å². The first kappa shape index (κ1) is 13.4. The molecule has 17 heavy (non-hydrogen) atoms. The minimum absolute atomic E-state index is 0.414. The average Bonchev–Trinajstić information content (AvgIpc) is 2.95. The van der Waals surface area contributed by atoms with Gasteiger partial charge >= 0.3 is 0 Å². The minimum atomic E-state index is 0.414. The van der Waals surface area contributed by atoms with E-state index in [4.69, 9.17) is 5.73 Å². The maximum atomic E-state index is 6.26. The minimum Gasteiger partial charge on any atom is -0.327 e. The van der Waals surface area contributed by atoms with Crippen LogP contribution in [0.15, 0.2) is 0 Å². The normalized spacial score (nSPS) is 28.9. The summed E-state index contributed by atoms with van der Waals surface area (Å²) in [6.45, 7) is 4.71. The Morgan fingerprint density at radius 1 is 1.18 bits per heavy atom. The van der Waals surface area contributed by atoms with Gasteiger partial charge in [0.25, 0.3) is 0 Å². The third-order valence-corrected chi connectivity index (χ3v) is 4.76. The van der Waals surface area contributed by atoms with Gasteiger partial charge < -0.3 is 5.73 Å². The number of rotatable bonds is 6. The van der Waals surface area contributed by atoms with Crippen LogP contribution < -0.4 is 5.73 Å². The standard InChI is InChI=1S/C15H30N2/c1-2-3-9-14(16)12-17-11-6-10-15(17)13-7-4-5-8-13/h13-15H,2-12,16H2,1H3. The van der Waals surface area contributed by atoms with Crippen molar-refractivity contribution in [1.29, 1.82) is 0 Å². The van der Waals surface area contributed by atoms with Crippen molar-refractivity contribution in [1.82, 2.24) is 4.90 Å². The molecule has 1 aliphatic carbocycles. The van der Waals surface area contributed by atoms with Crippen LogP contribution in [0.3, 0.4) is 0 Å². The van der Waals surface area contributed by atoms with E-state index in [-0.39, 0.29) is 0 Å². The molecular weight excluding hydrogens is 208 g/mol. The Labute approximate surface area is 107 Å². The van der Waals surface area contributed by atoms with Crippen molar-refractivity contribution in [2.75, 3.05) is 13.1 Å². The average molecular weight is 238 g/mol. The third-order valence-electron chi connectivity index (χ3n) is 4.76. The summed E-state index contributed by atoms with van der Waals surface area (Å²) in [4.78, 5) is 2.72. The van der Waals surface area contributed by atoms with Gasteiger partial charge in [-0.25, -0.2) is 0 Å². The molecule has 0 amide bonds. The predicted molar refractivity (Wildman–Crippen MR) is 74.1 cm³/mol. The van der Waals surface area contributed by atoms with Crippen molar-refractivity contribution in [2.45, 2.75) is 76.8 Å².